The minimum Gasteiger partial charge on any atom is -0.476 e. The number of benzene rings is 1. The van der Waals surface area contributed by atoms with Gasteiger partial charge in [0.05, 0.1) is 17.2 Å². The first-order valence-corrected chi connectivity index (χ1v) is 6.14. The van der Waals surface area contributed by atoms with Crippen LogP contribution >= 0.6 is 0 Å². The van der Waals surface area contributed by atoms with Crippen LogP contribution in [0.25, 0.3) is 11.0 Å². The number of imidazole rings is 1. The Labute approximate surface area is 115 Å². The fourth-order valence-corrected chi connectivity index (χ4v) is 1.55. The number of rotatable bonds is 2. The number of aryl methyl sites for hydroxylation is 1. The average Bonchev–Trinajstić information content (AvgIpc) is 3.01. The zero-order valence-electron chi connectivity index (χ0n) is 10.9. The second-order valence-electron chi connectivity index (χ2n) is 3.94. The van der Waals surface area contributed by atoms with Crippen molar-refractivity contribution in [1.29, 1.82) is 0 Å². The van der Waals surface area contributed by atoms with Crippen LogP contribution in [0.1, 0.15) is 23.2 Å². The molecular weight excluding hydrogens is 256 g/mol. The molecule has 0 bridgehead atoms. The molecule has 2 heterocycles. The van der Waals surface area contributed by atoms with Crippen LogP contribution < -0.4 is 0 Å². The van der Waals surface area contributed by atoms with Gasteiger partial charge in [-0.05, 0) is 12.1 Å². The van der Waals surface area contributed by atoms with Gasteiger partial charge >= 0.3 is 5.97 Å². The Hall–Kier alpha value is -2.76. The first kappa shape index (κ1) is 13.7. The Morgan fingerprint density at radius 2 is 2.00 bits per heavy atom. The quantitative estimate of drug-likeness (QED) is 0.745. The summed E-state index contributed by atoms with van der Waals surface area (Å²) in [5.41, 5.74) is 1.27. The lowest BCUT2D eigenvalue weighted by Crippen LogP contribution is -2.00. The lowest BCUT2D eigenvalue weighted by molar-refractivity contribution is 0.0690. The number of nitrogens with one attached hydrogen (secondary N) is 1. The Balaban J connectivity index is 0.000000178. The fourth-order valence-electron chi connectivity index (χ4n) is 1.55. The van der Waals surface area contributed by atoms with Gasteiger partial charge in [0.25, 0.3) is 0 Å². The van der Waals surface area contributed by atoms with Crippen molar-refractivity contribution in [3.8, 4) is 0 Å². The highest BCUT2D eigenvalue weighted by atomic mass is 16.4. The van der Waals surface area contributed by atoms with E-state index >= 15 is 0 Å². The molecule has 2 N–H and O–H groups in total. The van der Waals surface area contributed by atoms with Gasteiger partial charge in [-0.3, -0.25) is 4.98 Å². The standard InChI is InChI=1S/C9H6N2O2.C5H8N2/c12-9(13)8-5-10-6-3-1-2-4-7(6)11-8;1-2-5-6-3-4-7-5/h1-5H,(H,12,13);3-4H,2H2,1H3,(H,6,7). The molecule has 0 spiro atoms. The number of hydrogen-bond donors (Lipinski definition) is 2. The van der Waals surface area contributed by atoms with Crippen molar-refractivity contribution in [2.75, 3.05) is 0 Å². The molecule has 6 nitrogen and oxygen atoms in total. The molecule has 0 amide bonds. The largest absolute Gasteiger partial charge is 0.476 e. The van der Waals surface area contributed by atoms with Crippen molar-refractivity contribution >= 4 is 17.0 Å². The van der Waals surface area contributed by atoms with E-state index in [1.807, 2.05) is 12.3 Å². The molecule has 2 aromatic heterocycles. The van der Waals surface area contributed by atoms with Crippen molar-refractivity contribution in [2.45, 2.75) is 13.3 Å². The van der Waals surface area contributed by atoms with E-state index in [9.17, 15) is 4.79 Å². The molecule has 0 atom stereocenters. The monoisotopic (exact) mass is 270 g/mol. The van der Waals surface area contributed by atoms with Crippen LogP contribution in [0.4, 0.5) is 0 Å². The lowest BCUT2D eigenvalue weighted by atomic mass is 10.3. The van der Waals surface area contributed by atoms with Crippen molar-refractivity contribution in [1.82, 2.24) is 19.9 Å². The lowest BCUT2D eigenvalue weighted by Gasteiger charge is -1.96. The van der Waals surface area contributed by atoms with Gasteiger partial charge in [-0.1, -0.05) is 19.1 Å². The predicted octanol–water partition coefficient (Wildman–Crippen LogP) is 2.30. The summed E-state index contributed by atoms with van der Waals surface area (Å²) in [5.74, 6) is -0.00162. The highest BCUT2D eigenvalue weighted by Gasteiger charge is 2.05. The van der Waals surface area contributed by atoms with Crippen LogP contribution in [0.15, 0.2) is 42.9 Å². The number of nitrogens with zero attached hydrogens (tertiary/aromatic N) is 3. The summed E-state index contributed by atoms with van der Waals surface area (Å²) < 4.78 is 0. The van der Waals surface area contributed by atoms with Crippen LogP contribution in [0.3, 0.4) is 0 Å². The summed E-state index contributed by atoms with van der Waals surface area (Å²) in [7, 11) is 0. The van der Waals surface area contributed by atoms with Crippen LogP contribution in [0, 0.1) is 0 Å². The number of fused-ring (bicyclic) bond motifs is 1. The second kappa shape index (κ2) is 6.42. The molecular formula is C14H14N4O2. The summed E-state index contributed by atoms with van der Waals surface area (Å²) in [6, 6.07) is 7.14. The highest BCUT2D eigenvalue weighted by molar-refractivity contribution is 5.87. The zero-order valence-corrected chi connectivity index (χ0v) is 10.9. The number of aromatic nitrogens is 4. The van der Waals surface area contributed by atoms with Gasteiger partial charge in [0, 0.05) is 18.8 Å². The van der Waals surface area contributed by atoms with Crippen molar-refractivity contribution in [3.05, 3.63) is 54.4 Å². The van der Waals surface area contributed by atoms with E-state index in [0.717, 1.165) is 12.2 Å². The number of aromatic amines is 1. The maximum absolute atomic E-state index is 10.5. The second-order valence-corrected chi connectivity index (χ2v) is 3.94. The van der Waals surface area contributed by atoms with Gasteiger partial charge in [0.2, 0.25) is 0 Å². The van der Waals surface area contributed by atoms with E-state index in [4.69, 9.17) is 5.11 Å². The summed E-state index contributed by atoms with van der Waals surface area (Å²) in [6.45, 7) is 2.07. The highest BCUT2D eigenvalue weighted by Crippen LogP contribution is 2.07. The summed E-state index contributed by atoms with van der Waals surface area (Å²) >= 11 is 0. The SMILES string of the molecule is CCc1ncc[nH]1.O=C(O)c1cnc2ccccc2n1. The van der Waals surface area contributed by atoms with Crippen molar-refractivity contribution < 1.29 is 9.90 Å². The average molecular weight is 270 g/mol. The molecule has 102 valence electrons. The van der Waals surface area contributed by atoms with Crippen molar-refractivity contribution in [2.24, 2.45) is 0 Å². The first-order valence-electron chi connectivity index (χ1n) is 6.14. The Morgan fingerprint density at radius 1 is 1.25 bits per heavy atom. The Kier molecular flexibility index (Phi) is 4.39. The van der Waals surface area contributed by atoms with Crippen LogP contribution in [0.5, 0.6) is 0 Å². The number of carboxylic acids is 1. The number of aromatic carboxylic acids is 1. The van der Waals surface area contributed by atoms with E-state index in [1.165, 1.54) is 6.20 Å². The van der Waals surface area contributed by atoms with E-state index in [0.29, 0.717) is 11.0 Å². The third kappa shape index (κ3) is 3.38. The van der Waals surface area contributed by atoms with Gasteiger partial charge < -0.3 is 10.1 Å². The molecule has 0 aliphatic heterocycles. The molecule has 20 heavy (non-hydrogen) atoms. The van der Waals surface area contributed by atoms with Gasteiger partial charge in [-0.2, -0.15) is 0 Å². The maximum atomic E-state index is 10.5. The third-order valence-corrected chi connectivity index (χ3v) is 2.56. The molecule has 1 aromatic carbocycles. The molecule has 0 saturated heterocycles. The van der Waals surface area contributed by atoms with E-state index in [1.54, 1.807) is 24.4 Å². The molecule has 0 aliphatic rings. The maximum Gasteiger partial charge on any atom is 0.356 e. The molecule has 0 fully saturated rings. The molecule has 6 heteroatoms. The Morgan fingerprint density at radius 3 is 2.55 bits per heavy atom. The van der Waals surface area contributed by atoms with Crippen molar-refractivity contribution in [3.63, 3.8) is 0 Å². The first-order chi connectivity index (χ1) is 9.70. The minimum atomic E-state index is -1.06. The van der Waals surface area contributed by atoms with Gasteiger partial charge in [-0.15, -0.1) is 0 Å². The summed E-state index contributed by atoms with van der Waals surface area (Å²) in [5, 5.41) is 8.64. The number of carboxylic acid groups (broad SMARTS) is 1. The minimum absolute atomic E-state index is 0.0290. The van der Waals surface area contributed by atoms with E-state index in [-0.39, 0.29) is 5.69 Å². The third-order valence-electron chi connectivity index (χ3n) is 2.56. The Bertz CT molecular complexity index is 695. The van der Waals surface area contributed by atoms with E-state index < -0.39 is 5.97 Å². The molecule has 0 saturated carbocycles. The van der Waals surface area contributed by atoms with Gasteiger partial charge in [0.1, 0.15) is 5.82 Å². The number of para-hydroxylation sites is 2. The summed E-state index contributed by atoms with van der Waals surface area (Å²) in [4.78, 5) is 25.4. The van der Waals surface area contributed by atoms with Gasteiger partial charge in [-0.25, -0.2) is 14.8 Å². The molecule has 0 radical (unpaired) electrons. The molecule has 0 unspecified atom stereocenters. The normalized spacial score (nSPS) is 9.85. The molecule has 0 aliphatic carbocycles. The van der Waals surface area contributed by atoms with Crippen LogP contribution in [0.2, 0.25) is 0 Å². The molecule has 3 aromatic rings. The summed E-state index contributed by atoms with van der Waals surface area (Å²) in [6.07, 6.45) is 5.84. The smallest absolute Gasteiger partial charge is 0.356 e. The predicted molar refractivity (Wildman–Crippen MR) is 74.5 cm³/mol. The number of carbonyl (C=O) groups is 1. The zero-order chi connectivity index (χ0) is 14.4. The van der Waals surface area contributed by atoms with Crippen LogP contribution in [-0.4, -0.2) is 31.0 Å². The van der Waals surface area contributed by atoms with E-state index in [2.05, 4.69) is 26.9 Å². The number of hydrogen-bond acceptors (Lipinski definition) is 4. The fraction of sp³-hybridized carbons (Fsp3) is 0.143. The van der Waals surface area contributed by atoms with Gasteiger partial charge in [0.15, 0.2) is 5.69 Å². The topological polar surface area (TPSA) is 91.8 Å². The number of H-pyrrole nitrogens is 1. The van der Waals surface area contributed by atoms with Crippen LogP contribution in [-0.2, 0) is 6.42 Å². The molecule has 3 rings (SSSR count).